The number of anilines is 1. The van der Waals surface area contributed by atoms with E-state index in [1.165, 1.54) is 25.1 Å². The van der Waals surface area contributed by atoms with Gasteiger partial charge in [-0.3, -0.25) is 9.59 Å². The van der Waals surface area contributed by atoms with E-state index in [-0.39, 0.29) is 22.9 Å². The van der Waals surface area contributed by atoms with E-state index in [0.29, 0.717) is 29.7 Å². The molecule has 0 radical (unpaired) electrons. The van der Waals surface area contributed by atoms with Crippen LogP contribution < -0.4 is 5.32 Å². The molecule has 1 heterocycles. The van der Waals surface area contributed by atoms with Crippen LogP contribution in [0.5, 0.6) is 0 Å². The average molecular weight is 524 g/mol. The van der Waals surface area contributed by atoms with Gasteiger partial charge in [-0.25, -0.2) is 8.42 Å². The Kier molecular flexibility index (Phi) is 6.67. The molecule has 0 bridgehead atoms. The minimum atomic E-state index is -6.06. The van der Waals surface area contributed by atoms with Crippen LogP contribution in [0, 0.1) is 0 Å². The summed E-state index contributed by atoms with van der Waals surface area (Å²) in [6.45, 7) is 1.36. The molecule has 0 saturated carbocycles. The summed E-state index contributed by atoms with van der Waals surface area (Å²) in [4.78, 5) is 25.4. The van der Waals surface area contributed by atoms with Gasteiger partial charge in [-0.15, -0.1) is 0 Å². The number of nitrogens with zero attached hydrogens (tertiary/aromatic N) is 1. The van der Waals surface area contributed by atoms with Crippen molar-refractivity contribution in [2.45, 2.75) is 42.4 Å². The first kappa shape index (κ1) is 26.5. The van der Waals surface area contributed by atoms with E-state index in [1.807, 2.05) is 0 Å². The molecule has 190 valence electrons. The van der Waals surface area contributed by atoms with E-state index in [2.05, 4.69) is 5.32 Å². The normalized spacial score (nSPS) is 16.7. The summed E-state index contributed by atoms with van der Waals surface area (Å²) in [6, 6.07) is 4.99. The van der Waals surface area contributed by atoms with Crippen LogP contribution >= 0.6 is 0 Å². The second-order valence-corrected chi connectivity index (χ2v) is 10.00. The molecule has 1 unspecified atom stereocenters. The number of carbonyl (C=O) groups excluding carboxylic acids is 2. The molecule has 2 aromatic rings. The summed E-state index contributed by atoms with van der Waals surface area (Å²) in [5.74, 6) is -1.00. The highest BCUT2D eigenvalue weighted by Gasteiger charge is 2.71. The van der Waals surface area contributed by atoms with Crippen molar-refractivity contribution in [3.63, 3.8) is 0 Å². The number of rotatable bonds is 6. The molecular formula is C21H18F6N2O5S. The molecular weight excluding hydrogens is 506 g/mol. The van der Waals surface area contributed by atoms with Crippen molar-refractivity contribution in [2.24, 2.45) is 0 Å². The lowest BCUT2D eigenvalue weighted by Gasteiger charge is -2.32. The quantitative estimate of drug-likeness (QED) is 0.445. The number of aliphatic hydroxyl groups is 1. The molecule has 2 aromatic carbocycles. The monoisotopic (exact) mass is 524 g/mol. The molecule has 1 aliphatic heterocycles. The van der Waals surface area contributed by atoms with E-state index in [0.717, 1.165) is 17.0 Å². The first-order chi connectivity index (χ1) is 16.1. The van der Waals surface area contributed by atoms with Gasteiger partial charge in [0.05, 0.1) is 10.6 Å². The number of amides is 2. The summed E-state index contributed by atoms with van der Waals surface area (Å²) in [7, 11) is -3.56. The minimum absolute atomic E-state index is 0.00284. The molecule has 14 heteroatoms. The number of hydrogen-bond acceptors (Lipinski definition) is 5. The Morgan fingerprint density at radius 3 is 2.14 bits per heavy atom. The third-order valence-electron chi connectivity index (χ3n) is 5.61. The lowest BCUT2D eigenvalue weighted by atomic mass is 9.92. The number of carbonyl (C=O) groups is 2. The number of alkyl halides is 6. The average Bonchev–Trinajstić information content (AvgIpc) is 3.15. The standard InChI is InChI=1S/C21H18F6N2O5S/c1-2-35(33,34)15-7-8-16-12(9-15)10-29(11-30)17(16)18(31)28-14-5-3-13(4-6-14)19(32,20(22,23)24)21(25,26)27/h3-9,11,17,32H,2,10H2,1H3,(H,28,31). The fraction of sp³-hybridized carbons (Fsp3) is 0.333. The summed E-state index contributed by atoms with van der Waals surface area (Å²) >= 11 is 0. The van der Waals surface area contributed by atoms with Gasteiger partial charge in [-0.2, -0.15) is 26.3 Å². The SMILES string of the molecule is CCS(=O)(=O)c1ccc2c(c1)CN(C=O)C2C(=O)Nc1ccc(C(O)(C(F)(F)F)C(F)(F)F)cc1. The summed E-state index contributed by atoms with van der Waals surface area (Å²) < 4.78 is 102. The first-order valence-corrected chi connectivity index (χ1v) is 11.6. The molecule has 0 saturated heterocycles. The lowest BCUT2D eigenvalue weighted by Crippen LogP contribution is -2.53. The third kappa shape index (κ3) is 4.59. The molecule has 3 rings (SSSR count). The van der Waals surface area contributed by atoms with Gasteiger partial charge < -0.3 is 15.3 Å². The lowest BCUT2D eigenvalue weighted by molar-refractivity contribution is -0.376. The van der Waals surface area contributed by atoms with Crippen molar-refractivity contribution >= 4 is 27.8 Å². The van der Waals surface area contributed by atoms with Gasteiger partial charge in [0, 0.05) is 17.8 Å². The number of sulfone groups is 1. The van der Waals surface area contributed by atoms with Crippen LogP contribution in [-0.2, 0) is 31.6 Å². The Labute approximate surface area is 195 Å². The van der Waals surface area contributed by atoms with Crippen LogP contribution in [0.1, 0.15) is 29.7 Å². The van der Waals surface area contributed by atoms with Gasteiger partial charge in [-0.05, 0) is 35.4 Å². The first-order valence-electron chi connectivity index (χ1n) is 9.90. The van der Waals surface area contributed by atoms with Gasteiger partial charge in [-0.1, -0.05) is 25.1 Å². The molecule has 0 aliphatic carbocycles. The van der Waals surface area contributed by atoms with Crippen molar-refractivity contribution in [1.82, 2.24) is 4.90 Å². The maximum Gasteiger partial charge on any atom is 0.430 e. The zero-order valence-corrected chi connectivity index (χ0v) is 18.6. The Hall–Kier alpha value is -3.13. The number of nitrogens with one attached hydrogen (secondary N) is 1. The van der Waals surface area contributed by atoms with Crippen molar-refractivity contribution in [2.75, 3.05) is 11.1 Å². The summed E-state index contributed by atoms with van der Waals surface area (Å²) in [6.07, 6.45) is -11.8. The van der Waals surface area contributed by atoms with E-state index in [1.54, 1.807) is 0 Å². The number of hydrogen-bond donors (Lipinski definition) is 2. The fourth-order valence-electron chi connectivity index (χ4n) is 3.70. The van der Waals surface area contributed by atoms with Crippen LogP contribution in [-0.4, -0.2) is 48.8 Å². The molecule has 2 amide bonds. The smallest absolute Gasteiger partial charge is 0.369 e. The Bertz CT molecular complexity index is 1230. The van der Waals surface area contributed by atoms with Crippen LogP contribution in [0.4, 0.5) is 32.0 Å². The minimum Gasteiger partial charge on any atom is -0.369 e. The van der Waals surface area contributed by atoms with Gasteiger partial charge in [0.15, 0.2) is 9.84 Å². The van der Waals surface area contributed by atoms with Gasteiger partial charge in [0.1, 0.15) is 6.04 Å². The van der Waals surface area contributed by atoms with Crippen LogP contribution in [0.15, 0.2) is 47.4 Å². The number of fused-ring (bicyclic) bond motifs is 1. The molecule has 7 nitrogen and oxygen atoms in total. The zero-order valence-electron chi connectivity index (χ0n) is 17.8. The maximum absolute atomic E-state index is 13.0. The van der Waals surface area contributed by atoms with Gasteiger partial charge >= 0.3 is 12.4 Å². The van der Waals surface area contributed by atoms with Crippen LogP contribution in [0.25, 0.3) is 0 Å². The zero-order chi connectivity index (χ0) is 26.4. The molecule has 2 N–H and O–H groups in total. The molecule has 1 aliphatic rings. The highest BCUT2D eigenvalue weighted by atomic mass is 32.2. The van der Waals surface area contributed by atoms with Crippen molar-refractivity contribution < 1.29 is 49.5 Å². The highest BCUT2D eigenvalue weighted by molar-refractivity contribution is 7.91. The summed E-state index contributed by atoms with van der Waals surface area (Å²) in [5, 5.41) is 11.7. The molecule has 35 heavy (non-hydrogen) atoms. The fourth-order valence-corrected chi connectivity index (χ4v) is 4.63. The summed E-state index contributed by atoms with van der Waals surface area (Å²) in [5.41, 5.74) is -6.11. The van der Waals surface area contributed by atoms with Crippen molar-refractivity contribution in [3.8, 4) is 0 Å². The predicted octanol–water partition coefficient (Wildman–Crippen LogP) is 3.44. The third-order valence-corrected chi connectivity index (χ3v) is 7.34. The van der Waals surface area contributed by atoms with Gasteiger partial charge in [0.25, 0.3) is 11.5 Å². The second kappa shape index (κ2) is 8.82. The topological polar surface area (TPSA) is 104 Å². The predicted molar refractivity (Wildman–Crippen MR) is 110 cm³/mol. The van der Waals surface area contributed by atoms with E-state index >= 15 is 0 Å². The van der Waals surface area contributed by atoms with Crippen LogP contribution in [0.2, 0.25) is 0 Å². The molecule has 0 fully saturated rings. The van der Waals surface area contributed by atoms with Crippen molar-refractivity contribution in [1.29, 1.82) is 0 Å². The van der Waals surface area contributed by atoms with E-state index in [9.17, 15) is 49.5 Å². The van der Waals surface area contributed by atoms with Gasteiger partial charge in [0.2, 0.25) is 6.41 Å². The largest absolute Gasteiger partial charge is 0.430 e. The Morgan fingerprint density at radius 1 is 1.09 bits per heavy atom. The Balaban J connectivity index is 1.89. The van der Waals surface area contributed by atoms with Crippen molar-refractivity contribution in [3.05, 3.63) is 59.2 Å². The second-order valence-electron chi connectivity index (χ2n) is 7.72. The number of benzene rings is 2. The highest BCUT2D eigenvalue weighted by Crippen LogP contribution is 2.50. The molecule has 0 aromatic heterocycles. The van der Waals surface area contributed by atoms with Crippen LogP contribution in [0.3, 0.4) is 0 Å². The molecule has 1 atom stereocenters. The maximum atomic E-state index is 13.0. The van der Waals surface area contributed by atoms with E-state index < -0.39 is 45.3 Å². The number of halogens is 6. The van der Waals surface area contributed by atoms with E-state index in [4.69, 9.17) is 0 Å². The molecule has 0 spiro atoms. The Morgan fingerprint density at radius 2 is 1.66 bits per heavy atom.